The van der Waals surface area contributed by atoms with Crippen LogP contribution in [-0.4, -0.2) is 57.3 Å². The van der Waals surface area contributed by atoms with Gasteiger partial charge in [-0.25, -0.2) is 9.97 Å². The van der Waals surface area contributed by atoms with Gasteiger partial charge in [0.05, 0.1) is 17.2 Å². The highest BCUT2D eigenvalue weighted by molar-refractivity contribution is 6.04. The second-order valence-corrected chi connectivity index (χ2v) is 9.21. The van der Waals surface area contributed by atoms with Gasteiger partial charge in [0.15, 0.2) is 0 Å². The molecule has 1 saturated carbocycles. The number of hydrogen-bond donors (Lipinski definition) is 1. The largest absolute Gasteiger partial charge is 0.337 e. The number of aryl methyl sites for hydroxylation is 1. The third-order valence-corrected chi connectivity index (χ3v) is 6.52. The van der Waals surface area contributed by atoms with Crippen molar-refractivity contribution in [2.45, 2.75) is 52.6 Å². The first-order valence-corrected chi connectivity index (χ1v) is 11.5. The summed E-state index contributed by atoms with van der Waals surface area (Å²) < 4.78 is 0. The molecule has 1 N–H and O–H groups in total. The number of benzene rings is 1. The minimum absolute atomic E-state index is 0.158. The number of nitriles is 1. The zero-order valence-electron chi connectivity index (χ0n) is 19.5. The minimum Gasteiger partial charge on any atom is -0.337 e. The molecule has 0 unspecified atom stereocenters. The van der Waals surface area contributed by atoms with Crippen LogP contribution < -0.4 is 5.32 Å². The van der Waals surface area contributed by atoms with Gasteiger partial charge in [-0.3, -0.25) is 14.5 Å². The highest BCUT2D eigenvalue weighted by Gasteiger charge is 2.32. The molecule has 8 heteroatoms. The highest BCUT2D eigenvalue weighted by Crippen LogP contribution is 2.33. The second-order valence-electron chi connectivity index (χ2n) is 9.21. The van der Waals surface area contributed by atoms with E-state index in [2.05, 4.69) is 33.2 Å². The Morgan fingerprint density at radius 1 is 1.18 bits per heavy atom. The molecule has 0 bridgehead atoms. The molecule has 8 nitrogen and oxygen atoms in total. The molecule has 2 aromatic rings. The number of piperazine rings is 1. The van der Waals surface area contributed by atoms with E-state index < -0.39 is 0 Å². The molecular formula is C25H30N6O2. The van der Waals surface area contributed by atoms with Crippen LogP contribution in [0.4, 0.5) is 5.69 Å². The molecule has 1 atom stereocenters. The first kappa shape index (κ1) is 22.9. The van der Waals surface area contributed by atoms with Crippen LogP contribution in [0.3, 0.4) is 0 Å². The van der Waals surface area contributed by atoms with Gasteiger partial charge in [0.1, 0.15) is 5.82 Å². The summed E-state index contributed by atoms with van der Waals surface area (Å²) in [4.78, 5) is 37.7. The summed E-state index contributed by atoms with van der Waals surface area (Å²) in [5, 5.41) is 12.5. The van der Waals surface area contributed by atoms with Gasteiger partial charge in [-0.05, 0) is 62.8 Å². The smallest absolute Gasteiger partial charge is 0.258 e. The number of carbonyl (C=O) groups is 2. The maximum absolute atomic E-state index is 12.7. The molecule has 172 valence electrons. The first-order valence-electron chi connectivity index (χ1n) is 11.5. The molecule has 33 heavy (non-hydrogen) atoms. The summed E-state index contributed by atoms with van der Waals surface area (Å²) in [6.45, 7) is 8.78. The molecule has 1 aliphatic heterocycles. The summed E-state index contributed by atoms with van der Waals surface area (Å²) in [6.07, 6.45) is 6.04. The fourth-order valence-corrected chi connectivity index (χ4v) is 4.31. The highest BCUT2D eigenvalue weighted by atomic mass is 16.2. The third kappa shape index (κ3) is 5.55. The SMILES string of the molecule is Cc1ncc(C(=O)Nc2cc(C#N)cc(CN3CCN(C(=O)CC4CC4)[C@@H](C)C3)c2C)cn1. The van der Waals surface area contributed by atoms with Gasteiger partial charge in [0.25, 0.3) is 5.91 Å². The predicted octanol–water partition coefficient (Wildman–Crippen LogP) is 3.05. The summed E-state index contributed by atoms with van der Waals surface area (Å²) in [6, 6.07) is 5.94. The quantitative estimate of drug-likeness (QED) is 0.732. The van der Waals surface area contributed by atoms with Gasteiger partial charge >= 0.3 is 0 Å². The van der Waals surface area contributed by atoms with Gasteiger partial charge in [-0.1, -0.05) is 0 Å². The van der Waals surface area contributed by atoms with Crippen molar-refractivity contribution in [2.75, 3.05) is 25.0 Å². The Balaban J connectivity index is 1.45. The fourth-order valence-electron chi connectivity index (χ4n) is 4.31. The molecule has 1 saturated heterocycles. The predicted molar refractivity (Wildman–Crippen MR) is 124 cm³/mol. The van der Waals surface area contributed by atoms with Crippen LogP contribution in [-0.2, 0) is 11.3 Å². The number of nitrogens with one attached hydrogen (secondary N) is 1. The molecule has 0 radical (unpaired) electrons. The zero-order valence-corrected chi connectivity index (χ0v) is 19.5. The summed E-state index contributed by atoms with van der Waals surface area (Å²) >= 11 is 0. The van der Waals surface area contributed by atoms with Crippen LogP contribution in [0.2, 0.25) is 0 Å². The fraction of sp³-hybridized carbons (Fsp3) is 0.480. The van der Waals surface area contributed by atoms with Crippen LogP contribution in [0.15, 0.2) is 24.5 Å². The van der Waals surface area contributed by atoms with Crippen LogP contribution >= 0.6 is 0 Å². The third-order valence-electron chi connectivity index (χ3n) is 6.52. The molecule has 0 spiro atoms. The Kier molecular flexibility index (Phi) is 6.70. The molecular weight excluding hydrogens is 416 g/mol. The molecule has 1 aromatic carbocycles. The average molecular weight is 447 g/mol. The van der Waals surface area contributed by atoms with Crippen LogP contribution in [0.25, 0.3) is 0 Å². The van der Waals surface area contributed by atoms with Crippen LogP contribution in [0, 0.1) is 31.1 Å². The van der Waals surface area contributed by atoms with Crippen molar-refractivity contribution in [1.82, 2.24) is 19.8 Å². The van der Waals surface area contributed by atoms with Gasteiger partial charge in [-0.15, -0.1) is 0 Å². The summed E-state index contributed by atoms with van der Waals surface area (Å²) in [7, 11) is 0. The minimum atomic E-state index is -0.310. The van der Waals surface area contributed by atoms with E-state index in [1.807, 2.05) is 17.9 Å². The lowest BCUT2D eigenvalue weighted by molar-refractivity contribution is -0.136. The van der Waals surface area contributed by atoms with Crippen molar-refractivity contribution in [3.63, 3.8) is 0 Å². The van der Waals surface area contributed by atoms with Crippen LogP contribution in [0.5, 0.6) is 0 Å². The lowest BCUT2D eigenvalue weighted by Crippen LogP contribution is -2.53. The van der Waals surface area contributed by atoms with Crippen molar-refractivity contribution in [1.29, 1.82) is 5.26 Å². The number of carbonyl (C=O) groups excluding carboxylic acids is 2. The standard InChI is InChI=1S/C25H30N6O2/c1-16-14-30(6-7-31(16)24(32)10-19-4-5-19)15-21-8-20(11-26)9-23(17(21)2)29-25(33)22-12-27-18(3)28-13-22/h8-9,12-13,16,19H,4-7,10,14-15H2,1-3H3,(H,29,33)/t16-/m0/s1. The molecule has 2 fully saturated rings. The second kappa shape index (κ2) is 9.67. The number of amides is 2. The van der Waals surface area contributed by atoms with E-state index in [1.165, 1.54) is 25.2 Å². The first-order chi connectivity index (χ1) is 15.8. The Bertz CT molecular complexity index is 1090. The number of rotatable bonds is 6. The molecule has 1 aromatic heterocycles. The maximum atomic E-state index is 12.7. The monoisotopic (exact) mass is 446 g/mol. The van der Waals surface area contributed by atoms with Crippen LogP contribution in [0.1, 0.15) is 59.1 Å². The van der Waals surface area contributed by atoms with E-state index in [-0.39, 0.29) is 17.9 Å². The van der Waals surface area contributed by atoms with Gasteiger partial charge in [-0.2, -0.15) is 5.26 Å². The topological polar surface area (TPSA) is 102 Å². The molecule has 1 aliphatic carbocycles. The van der Waals surface area contributed by atoms with Crippen molar-refractivity contribution in [3.8, 4) is 6.07 Å². The molecule has 2 heterocycles. The Morgan fingerprint density at radius 3 is 2.55 bits per heavy atom. The van der Waals surface area contributed by atoms with Crippen molar-refractivity contribution >= 4 is 17.5 Å². The number of aromatic nitrogens is 2. The maximum Gasteiger partial charge on any atom is 0.258 e. The van der Waals surface area contributed by atoms with E-state index in [1.54, 1.807) is 13.0 Å². The van der Waals surface area contributed by atoms with Gasteiger partial charge in [0, 0.05) is 56.7 Å². The number of anilines is 1. The molecule has 4 rings (SSSR count). The van der Waals surface area contributed by atoms with E-state index >= 15 is 0 Å². The van der Waals surface area contributed by atoms with E-state index in [0.29, 0.717) is 41.5 Å². The lowest BCUT2D eigenvalue weighted by Gasteiger charge is -2.40. The van der Waals surface area contributed by atoms with E-state index in [9.17, 15) is 14.9 Å². The Hall–Kier alpha value is -3.31. The summed E-state index contributed by atoms with van der Waals surface area (Å²) in [5.41, 5.74) is 3.40. The zero-order chi connectivity index (χ0) is 23.5. The van der Waals surface area contributed by atoms with Gasteiger partial charge in [0.2, 0.25) is 5.91 Å². The summed E-state index contributed by atoms with van der Waals surface area (Å²) in [5.74, 6) is 1.16. The normalized spacial score (nSPS) is 18.6. The van der Waals surface area contributed by atoms with Crippen molar-refractivity contribution < 1.29 is 9.59 Å². The Morgan fingerprint density at radius 2 is 1.91 bits per heavy atom. The van der Waals surface area contributed by atoms with E-state index in [4.69, 9.17) is 0 Å². The van der Waals surface area contributed by atoms with Crippen molar-refractivity contribution in [2.24, 2.45) is 5.92 Å². The van der Waals surface area contributed by atoms with E-state index in [0.717, 1.165) is 30.8 Å². The number of nitrogens with zero attached hydrogens (tertiary/aromatic N) is 5. The molecule has 2 amide bonds. The Labute approximate surface area is 194 Å². The number of hydrogen-bond acceptors (Lipinski definition) is 6. The van der Waals surface area contributed by atoms with Gasteiger partial charge < -0.3 is 10.2 Å². The lowest BCUT2D eigenvalue weighted by atomic mass is 10.0. The van der Waals surface area contributed by atoms with Crippen molar-refractivity contribution in [3.05, 3.63) is 52.6 Å². The molecule has 2 aliphatic rings. The average Bonchev–Trinajstić information content (AvgIpc) is 3.60.